The lowest BCUT2D eigenvalue weighted by Crippen LogP contribution is -2.39. The molecule has 146 valence electrons. The first-order valence-corrected chi connectivity index (χ1v) is 8.42. The Morgan fingerprint density at radius 2 is 2.04 bits per heavy atom. The average molecular weight is 378 g/mol. The number of pyridine rings is 1. The summed E-state index contributed by atoms with van der Waals surface area (Å²) in [6.07, 6.45) is -1.22. The Hall–Kier alpha value is -3.01. The zero-order valence-electron chi connectivity index (χ0n) is 15.5. The Labute approximate surface area is 154 Å². The molecule has 0 bridgehead atoms. The highest BCUT2D eigenvalue weighted by atomic mass is 16.5. The lowest BCUT2D eigenvalue weighted by atomic mass is 10.0. The molecule has 0 aliphatic carbocycles. The van der Waals surface area contributed by atoms with Crippen molar-refractivity contribution in [2.45, 2.75) is 39.3 Å². The van der Waals surface area contributed by atoms with Crippen LogP contribution in [0.25, 0.3) is 11.0 Å². The monoisotopic (exact) mass is 378 g/mol. The molecule has 2 aromatic heterocycles. The number of carbonyl (C=O) groups excluding carboxylic acids is 1. The Morgan fingerprint density at radius 1 is 1.37 bits per heavy atom. The number of aliphatic carboxylic acids is 1. The number of aryl methyl sites for hydroxylation is 1. The van der Waals surface area contributed by atoms with Crippen molar-refractivity contribution in [3.63, 3.8) is 0 Å². The van der Waals surface area contributed by atoms with E-state index in [0.717, 1.165) is 0 Å². The molecule has 1 atom stereocenters. The van der Waals surface area contributed by atoms with Gasteiger partial charge < -0.3 is 15.2 Å². The number of hydrogen-bond acceptors (Lipinski definition) is 6. The van der Waals surface area contributed by atoms with Gasteiger partial charge in [0.1, 0.15) is 0 Å². The van der Waals surface area contributed by atoms with Gasteiger partial charge in [0.2, 0.25) is 0 Å². The van der Waals surface area contributed by atoms with Crippen LogP contribution in [0, 0.1) is 0 Å². The molecule has 3 N–H and O–H groups in total. The molecule has 0 radical (unpaired) electrons. The Balaban J connectivity index is 2.64. The fourth-order valence-electron chi connectivity index (χ4n) is 2.61. The molecule has 10 heteroatoms. The minimum atomic E-state index is -1.22. The van der Waals surface area contributed by atoms with Gasteiger partial charge in [-0.25, -0.2) is 14.6 Å². The van der Waals surface area contributed by atoms with Crippen LogP contribution in [0.1, 0.15) is 42.7 Å². The summed E-state index contributed by atoms with van der Waals surface area (Å²) in [4.78, 5) is 54.7. The molecule has 0 aliphatic rings. The van der Waals surface area contributed by atoms with Gasteiger partial charge in [0.05, 0.1) is 17.5 Å². The van der Waals surface area contributed by atoms with Gasteiger partial charge in [-0.1, -0.05) is 13.8 Å². The summed E-state index contributed by atoms with van der Waals surface area (Å²) in [5.41, 5.74) is -0.674. The second-order valence-electron chi connectivity index (χ2n) is 6.22. The van der Waals surface area contributed by atoms with E-state index >= 15 is 0 Å². The van der Waals surface area contributed by atoms with Gasteiger partial charge in [0.15, 0.2) is 11.8 Å². The smallest absolute Gasteiger partial charge is 0.334 e. The van der Waals surface area contributed by atoms with Gasteiger partial charge in [-0.3, -0.25) is 19.1 Å². The molecule has 1 amide bonds. The number of nitrogens with zero attached hydrogens (tertiary/aromatic N) is 2. The van der Waals surface area contributed by atoms with Crippen molar-refractivity contribution in [2.75, 3.05) is 13.7 Å². The van der Waals surface area contributed by atoms with Crippen LogP contribution < -0.4 is 16.6 Å². The van der Waals surface area contributed by atoms with E-state index < -0.39 is 29.2 Å². The molecule has 2 heterocycles. The minimum absolute atomic E-state index is 0.0207. The maximum Gasteiger partial charge on any atom is 0.334 e. The van der Waals surface area contributed by atoms with Crippen LogP contribution in [-0.2, 0) is 16.1 Å². The number of methoxy groups -OCH3 is 1. The maximum atomic E-state index is 12.7. The average Bonchev–Trinajstić information content (AvgIpc) is 2.60. The molecule has 2 aromatic rings. The van der Waals surface area contributed by atoms with Crippen LogP contribution in [0.2, 0.25) is 0 Å². The Bertz CT molecular complexity index is 991. The molecule has 1 unspecified atom stereocenters. The molecular weight excluding hydrogens is 356 g/mol. The third kappa shape index (κ3) is 4.05. The second-order valence-corrected chi connectivity index (χ2v) is 6.22. The van der Waals surface area contributed by atoms with E-state index in [9.17, 15) is 19.2 Å². The standard InChI is InChI=1S/C17H22N4O6/c1-5-21-13-12(15(23)20-17(21)26)9(6-10(19-13)8(2)3)14(22)18-7-11(27-4)16(24)25/h6,8,11H,5,7H2,1-4H3,(H,18,22)(H,24,25)(H,20,23,26). The van der Waals surface area contributed by atoms with Crippen LogP contribution in [0.5, 0.6) is 0 Å². The van der Waals surface area contributed by atoms with E-state index in [-0.39, 0.29) is 35.6 Å². The molecule has 0 fully saturated rings. The summed E-state index contributed by atoms with van der Waals surface area (Å²) in [5, 5.41) is 11.4. The normalized spacial score (nSPS) is 12.3. The third-order valence-electron chi connectivity index (χ3n) is 4.13. The van der Waals surface area contributed by atoms with Crippen LogP contribution in [0.4, 0.5) is 0 Å². The fraction of sp³-hybridized carbons (Fsp3) is 0.471. The molecule has 10 nitrogen and oxygen atoms in total. The van der Waals surface area contributed by atoms with Gasteiger partial charge in [0.25, 0.3) is 11.5 Å². The highest BCUT2D eigenvalue weighted by molar-refractivity contribution is 6.05. The van der Waals surface area contributed by atoms with Crippen LogP contribution in [0.15, 0.2) is 15.7 Å². The number of carbonyl (C=O) groups is 2. The summed E-state index contributed by atoms with van der Waals surface area (Å²) in [7, 11) is 1.22. The quantitative estimate of drug-likeness (QED) is 0.618. The van der Waals surface area contributed by atoms with E-state index in [1.807, 2.05) is 13.8 Å². The highest BCUT2D eigenvalue weighted by Gasteiger charge is 2.22. The number of fused-ring (bicyclic) bond motifs is 1. The zero-order valence-corrected chi connectivity index (χ0v) is 15.5. The summed E-state index contributed by atoms with van der Waals surface area (Å²) >= 11 is 0. The lowest BCUT2D eigenvalue weighted by Gasteiger charge is -2.15. The molecule has 2 rings (SSSR count). The van der Waals surface area contributed by atoms with Gasteiger partial charge in [-0.2, -0.15) is 0 Å². The number of rotatable bonds is 7. The number of hydrogen-bond donors (Lipinski definition) is 3. The maximum absolute atomic E-state index is 12.7. The summed E-state index contributed by atoms with van der Waals surface area (Å²) in [5.74, 6) is -1.94. The van der Waals surface area contributed by atoms with Crippen molar-refractivity contribution < 1.29 is 19.4 Å². The van der Waals surface area contributed by atoms with E-state index in [0.29, 0.717) is 5.69 Å². The number of H-pyrrole nitrogens is 1. The summed E-state index contributed by atoms with van der Waals surface area (Å²) < 4.78 is 6.06. The summed E-state index contributed by atoms with van der Waals surface area (Å²) in [6.45, 7) is 5.42. The first-order chi connectivity index (χ1) is 12.7. The van der Waals surface area contributed by atoms with Crippen molar-refractivity contribution in [3.05, 3.63) is 38.2 Å². The lowest BCUT2D eigenvalue weighted by molar-refractivity contribution is -0.148. The molecule has 27 heavy (non-hydrogen) atoms. The van der Waals surface area contributed by atoms with E-state index in [4.69, 9.17) is 9.84 Å². The van der Waals surface area contributed by atoms with Crippen molar-refractivity contribution in [1.29, 1.82) is 0 Å². The number of aromatic amines is 1. The van der Waals surface area contributed by atoms with Gasteiger partial charge >= 0.3 is 11.7 Å². The number of carboxylic acids is 1. The SMILES string of the molecule is CCn1c(=O)[nH]c(=O)c2c(C(=O)NCC(OC)C(=O)O)cc(C(C)C)nc21. The first-order valence-electron chi connectivity index (χ1n) is 8.42. The van der Waals surface area contributed by atoms with Crippen LogP contribution >= 0.6 is 0 Å². The second kappa shape index (κ2) is 8.12. The number of amides is 1. The van der Waals surface area contributed by atoms with Gasteiger partial charge in [0, 0.05) is 19.3 Å². The number of aromatic nitrogens is 3. The van der Waals surface area contributed by atoms with Gasteiger partial charge in [-0.15, -0.1) is 0 Å². The third-order valence-corrected chi connectivity index (χ3v) is 4.13. The predicted octanol–water partition coefficient (Wildman–Crippen LogP) is 0.0575. The predicted molar refractivity (Wildman–Crippen MR) is 97.2 cm³/mol. The first kappa shape index (κ1) is 20.3. The molecule has 0 aromatic carbocycles. The minimum Gasteiger partial charge on any atom is -0.479 e. The molecular formula is C17H22N4O6. The molecule has 0 saturated carbocycles. The highest BCUT2D eigenvalue weighted by Crippen LogP contribution is 2.19. The van der Waals surface area contributed by atoms with Crippen molar-refractivity contribution in [3.8, 4) is 0 Å². The number of nitrogens with one attached hydrogen (secondary N) is 2. The number of ether oxygens (including phenoxy) is 1. The van der Waals surface area contributed by atoms with Crippen molar-refractivity contribution in [2.24, 2.45) is 0 Å². The largest absolute Gasteiger partial charge is 0.479 e. The molecule has 0 saturated heterocycles. The van der Waals surface area contributed by atoms with Crippen molar-refractivity contribution >= 4 is 22.9 Å². The van der Waals surface area contributed by atoms with Crippen LogP contribution in [0.3, 0.4) is 0 Å². The van der Waals surface area contributed by atoms with E-state index in [1.165, 1.54) is 17.7 Å². The molecule has 0 aliphatic heterocycles. The topological polar surface area (TPSA) is 143 Å². The van der Waals surface area contributed by atoms with Crippen LogP contribution in [-0.4, -0.2) is 51.3 Å². The van der Waals surface area contributed by atoms with Crippen molar-refractivity contribution in [1.82, 2.24) is 19.9 Å². The van der Waals surface area contributed by atoms with E-state index in [2.05, 4.69) is 15.3 Å². The number of carboxylic acid groups (broad SMARTS) is 1. The van der Waals surface area contributed by atoms with E-state index in [1.54, 1.807) is 6.92 Å². The zero-order chi connectivity index (χ0) is 20.3. The fourth-order valence-corrected chi connectivity index (χ4v) is 2.61. The summed E-state index contributed by atoms with van der Waals surface area (Å²) in [6, 6.07) is 1.48. The molecule has 0 spiro atoms. The Kier molecular flexibility index (Phi) is 6.11. The Morgan fingerprint density at radius 3 is 2.56 bits per heavy atom. The van der Waals surface area contributed by atoms with Gasteiger partial charge in [-0.05, 0) is 18.9 Å².